The van der Waals surface area contributed by atoms with E-state index in [1.54, 1.807) is 62.6 Å². The van der Waals surface area contributed by atoms with E-state index in [2.05, 4.69) is 0 Å². The van der Waals surface area contributed by atoms with E-state index in [1.807, 2.05) is 13.8 Å². The SMILES string of the molecule is CCOC(=O)c1c(N(C(C)=O)C(=O)OC(C)(C)C)c2cc(O)ccc2n1-c1ccc(OC(C)C)cc1. The molecule has 2 aromatic carbocycles. The van der Waals surface area contributed by atoms with Crippen LogP contribution in [0.5, 0.6) is 11.5 Å². The largest absolute Gasteiger partial charge is 0.508 e. The number of fused-ring (bicyclic) bond motifs is 1. The molecule has 1 N–H and O–H groups in total. The van der Waals surface area contributed by atoms with Crippen molar-refractivity contribution in [2.45, 2.75) is 60.2 Å². The average Bonchev–Trinajstić information content (AvgIpc) is 3.06. The van der Waals surface area contributed by atoms with Gasteiger partial charge in [-0.25, -0.2) is 14.5 Å². The lowest BCUT2D eigenvalue weighted by Gasteiger charge is -2.26. The molecule has 3 aromatic rings. The van der Waals surface area contributed by atoms with Gasteiger partial charge in [0.1, 0.15) is 17.1 Å². The first-order valence-corrected chi connectivity index (χ1v) is 11.7. The summed E-state index contributed by atoms with van der Waals surface area (Å²) in [7, 11) is 0. The lowest BCUT2D eigenvalue weighted by molar-refractivity contribution is -0.116. The van der Waals surface area contributed by atoms with Crippen molar-refractivity contribution in [1.29, 1.82) is 0 Å². The van der Waals surface area contributed by atoms with Crippen molar-refractivity contribution in [3.05, 3.63) is 48.2 Å². The van der Waals surface area contributed by atoms with Crippen LogP contribution in [-0.2, 0) is 14.3 Å². The van der Waals surface area contributed by atoms with Crippen molar-refractivity contribution in [1.82, 2.24) is 4.57 Å². The van der Waals surface area contributed by atoms with Gasteiger partial charge in [-0.15, -0.1) is 0 Å². The predicted octanol–water partition coefficient (Wildman–Crippen LogP) is 5.59. The van der Waals surface area contributed by atoms with Gasteiger partial charge < -0.3 is 23.9 Å². The Morgan fingerprint density at radius 2 is 1.69 bits per heavy atom. The van der Waals surface area contributed by atoms with Gasteiger partial charge in [0.15, 0.2) is 5.69 Å². The number of aromatic hydroxyl groups is 1. The molecule has 192 valence electrons. The molecule has 1 heterocycles. The van der Waals surface area contributed by atoms with Gasteiger partial charge in [-0.05, 0) is 84.0 Å². The number of ether oxygens (including phenoxy) is 3. The average molecular weight is 497 g/mol. The highest BCUT2D eigenvalue weighted by molar-refractivity contribution is 6.21. The van der Waals surface area contributed by atoms with E-state index >= 15 is 0 Å². The number of hydrogen-bond donors (Lipinski definition) is 1. The third kappa shape index (κ3) is 5.62. The normalized spacial score (nSPS) is 11.4. The maximum absolute atomic E-state index is 13.3. The summed E-state index contributed by atoms with van der Waals surface area (Å²) in [5.41, 5.74) is 0.0309. The molecule has 9 heteroatoms. The van der Waals surface area contributed by atoms with Crippen molar-refractivity contribution < 1.29 is 33.7 Å². The molecule has 1 aromatic heterocycles. The molecule has 0 aliphatic heterocycles. The third-order valence-electron chi connectivity index (χ3n) is 4.97. The zero-order valence-corrected chi connectivity index (χ0v) is 21.6. The van der Waals surface area contributed by atoms with Crippen LogP contribution in [0.4, 0.5) is 10.5 Å². The number of rotatable bonds is 6. The number of hydrogen-bond acceptors (Lipinski definition) is 7. The molecule has 0 aliphatic rings. The minimum atomic E-state index is -0.955. The number of carbonyl (C=O) groups excluding carboxylic acids is 3. The smallest absolute Gasteiger partial charge is 0.421 e. The summed E-state index contributed by atoms with van der Waals surface area (Å²) in [5, 5.41) is 10.6. The molecule has 0 radical (unpaired) electrons. The molecular weight excluding hydrogens is 464 g/mol. The van der Waals surface area contributed by atoms with Crippen LogP contribution in [0.2, 0.25) is 0 Å². The Labute approximate surface area is 210 Å². The monoisotopic (exact) mass is 496 g/mol. The Morgan fingerprint density at radius 3 is 2.22 bits per heavy atom. The van der Waals surface area contributed by atoms with Crippen molar-refractivity contribution in [2.24, 2.45) is 0 Å². The lowest BCUT2D eigenvalue weighted by atomic mass is 10.2. The second kappa shape index (κ2) is 10.3. The van der Waals surface area contributed by atoms with Crippen molar-refractivity contribution in [3.63, 3.8) is 0 Å². The molecule has 0 unspecified atom stereocenters. The van der Waals surface area contributed by atoms with Crippen LogP contribution in [0.1, 0.15) is 59.0 Å². The standard InChI is InChI=1S/C27H32N2O7/c1-8-34-25(32)24-23(28(17(4)30)26(33)36-27(5,6)7)21-15-19(31)11-14-22(21)29(24)18-9-12-20(13-10-18)35-16(2)3/h9-16,31H,8H2,1-7H3. The van der Waals surface area contributed by atoms with Gasteiger partial charge in [-0.3, -0.25) is 4.79 Å². The van der Waals surface area contributed by atoms with Gasteiger partial charge in [-0.2, -0.15) is 0 Å². The predicted molar refractivity (Wildman–Crippen MR) is 136 cm³/mol. The maximum atomic E-state index is 13.3. The van der Waals surface area contributed by atoms with E-state index in [0.29, 0.717) is 22.3 Å². The summed E-state index contributed by atoms with van der Waals surface area (Å²) >= 11 is 0. The number of benzene rings is 2. The molecule has 0 atom stereocenters. The molecule has 9 nitrogen and oxygen atoms in total. The zero-order valence-electron chi connectivity index (χ0n) is 21.6. The molecular formula is C27H32N2O7. The fourth-order valence-corrected chi connectivity index (χ4v) is 3.78. The van der Waals surface area contributed by atoms with Crippen molar-refractivity contribution in [2.75, 3.05) is 11.5 Å². The van der Waals surface area contributed by atoms with Crippen LogP contribution in [-0.4, -0.2) is 46.0 Å². The number of anilines is 1. The van der Waals surface area contributed by atoms with E-state index in [9.17, 15) is 19.5 Å². The third-order valence-corrected chi connectivity index (χ3v) is 4.97. The molecule has 0 saturated heterocycles. The highest BCUT2D eigenvalue weighted by Gasteiger charge is 2.36. The molecule has 2 amide bonds. The van der Waals surface area contributed by atoms with E-state index in [1.165, 1.54) is 19.1 Å². The fourth-order valence-electron chi connectivity index (χ4n) is 3.78. The van der Waals surface area contributed by atoms with Crippen LogP contribution in [0.3, 0.4) is 0 Å². The Bertz CT molecular complexity index is 1280. The number of phenolic OH excluding ortho intramolecular Hbond substituents is 1. The summed E-state index contributed by atoms with van der Waals surface area (Å²) in [6.45, 7) is 11.8. The van der Waals surface area contributed by atoms with Gasteiger partial charge in [0, 0.05) is 18.0 Å². The number of amides is 2. The molecule has 0 saturated carbocycles. The summed E-state index contributed by atoms with van der Waals surface area (Å²) in [6, 6.07) is 11.5. The summed E-state index contributed by atoms with van der Waals surface area (Å²) in [4.78, 5) is 40.1. The molecule has 0 spiro atoms. The van der Waals surface area contributed by atoms with E-state index in [-0.39, 0.29) is 29.8 Å². The van der Waals surface area contributed by atoms with Gasteiger partial charge in [0.2, 0.25) is 5.91 Å². The van der Waals surface area contributed by atoms with Gasteiger partial charge in [-0.1, -0.05) is 0 Å². The maximum Gasteiger partial charge on any atom is 0.421 e. The molecule has 0 bridgehead atoms. The summed E-state index contributed by atoms with van der Waals surface area (Å²) in [6.07, 6.45) is -0.977. The molecule has 3 rings (SSSR count). The van der Waals surface area contributed by atoms with E-state index < -0.39 is 23.6 Å². The fraction of sp³-hybridized carbons (Fsp3) is 0.370. The van der Waals surface area contributed by atoms with Gasteiger partial charge >= 0.3 is 12.1 Å². The van der Waals surface area contributed by atoms with Gasteiger partial charge in [0.25, 0.3) is 0 Å². The van der Waals surface area contributed by atoms with E-state index in [4.69, 9.17) is 14.2 Å². The quantitative estimate of drug-likeness (QED) is 0.443. The van der Waals surface area contributed by atoms with Crippen LogP contribution >= 0.6 is 0 Å². The number of phenols is 1. The van der Waals surface area contributed by atoms with Crippen molar-refractivity contribution in [3.8, 4) is 17.2 Å². The van der Waals surface area contributed by atoms with E-state index in [0.717, 1.165) is 4.90 Å². The van der Waals surface area contributed by atoms with Crippen LogP contribution in [0.25, 0.3) is 16.6 Å². The molecule has 36 heavy (non-hydrogen) atoms. The topological polar surface area (TPSA) is 107 Å². The van der Waals surface area contributed by atoms with Crippen molar-refractivity contribution >= 4 is 34.6 Å². The van der Waals surface area contributed by atoms with Crippen LogP contribution in [0, 0.1) is 0 Å². The Kier molecular flexibility index (Phi) is 7.62. The summed E-state index contributed by atoms with van der Waals surface area (Å²) < 4.78 is 18.1. The minimum absolute atomic E-state index is 0.0223. The number of imide groups is 1. The van der Waals surface area contributed by atoms with Crippen LogP contribution in [0.15, 0.2) is 42.5 Å². The highest BCUT2D eigenvalue weighted by Crippen LogP contribution is 2.39. The first kappa shape index (κ1) is 26.6. The highest BCUT2D eigenvalue weighted by atomic mass is 16.6. The Hall–Kier alpha value is -4.01. The molecule has 0 aliphatic carbocycles. The first-order chi connectivity index (χ1) is 16.8. The number of aromatic nitrogens is 1. The molecule has 0 fully saturated rings. The first-order valence-electron chi connectivity index (χ1n) is 11.7. The zero-order chi connectivity index (χ0) is 26.8. The lowest BCUT2D eigenvalue weighted by Crippen LogP contribution is -2.40. The van der Waals surface area contributed by atoms with Gasteiger partial charge in [0.05, 0.1) is 23.9 Å². The number of esters is 1. The Balaban J connectivity index is 2.38. The summed E-state index contributed by atoms with van der Waals surface area (Å²) in [5.74, 6) is -0.886. The number of carbonyl (C=O) groups is 3. The second-order valence-corrected chi connectivity index (χ2v) is 9.45. The minimum Gasteiger partial charge on any atom is -0.508 e. The second-order valence-electron chi connectivity index (χ2n) is 9.45. The number of nitrogens with zero attached hydrogens (tertiary/aromatic N) is 2. The Morgan fingerprint density at radius 1 is 1.06 bits per heavy atom. The van der Waals surface area contributed by atoms with Crippen LogP contribution < -0.4 is 9.64 Å².